The Bertz CT molecular complexity index is 757. The van der Waals surface area contributed by atoms with Crippen molar-refractivity contribution in [2.24, 2.45) is 5.73 Å². The van der Waals surface area contributed by atoms with Gasteiger partial charge in [-0.3, -0.25) is 14.9 Å². The number of amides is 1. The number of benzene rings is 2. The molecule has 1 amide bonds. The molecule has 0 aliphatic carbocycles. The third-order valence-corrected chi connectivity index (χ3v) is 3.53. The summed E-state index contributed by atoms with van der Waals surface area (Å²) in [6.07, 6.45) is 0. The van der Waals surface area contributed by atoms with Crippen molar-refractivity contribution in [3.05, 3.63) is 62.7 Å². The summed E-state index contributed by atoms with van der Waals surface area (Å²) >= 11 is 6.12. The van der Waals surface area contributed by atoms with E-state index in [0.29, 0.717) is 23.5 Å². The fraction of sp³-hybridized carbons (Fsp3) is 0.188. The van der Waals surface area contributed by atoms with Crippen molar-refractivity contribution < 1.29 is 14.5 Å². The molecule has 0 spiro atoms. The Hall–Kier alpha value is -2.80. The molecule has 0 heterocycles. The van der Waals surface area contributed by atoms with Gasteiger partial charge in [0.2, 0.25) is 0 Å². The SMILES string of the molecule is Cc1cc([N+](=O)[O-])cc(Cl)c1NCc1cccc(OCC(N)=O)c1. The van der Waals surface area contributed by atoms with Crippen LogP contribution >= 0.6 is 11.6 Å². The maximum Gasteiger partial charge on any atom is 0.271 e. The van der Waals surface area contributed by atoms with E-state index in [-0.39, 0.29) is 17.3 Å². The molecule has 0 bridgehead atoms. The number of carbonyl (C=O) groups excluding carboxylic acids is 1. The first kappa shape index (κ1) is 17.6. The Morgan fingerprint density at radius 1 is 1.38 bits per heavy atom. The van der Waals surface area contributed by atoms with Crippen molar-refractivity contribution in [3.8, 4) is 5.75 Å². The molecule has 0 unspecified atom stereocenters. The molecule has 0 fully saturated rings. The van der Waals surface area contributed by atoms with E-state index in [1.54, 1.807) is 25.1 Å². The van der Waals surface area contributed by atoms with Crippen LogP contribution < -0.4 is 15.8 Å². The van der Waals surface area contributed by atoms with E-state index in [4.69, 9.17) is 22.1 Å². The number of non-ortho nitro benzene ring substituents is 1. The van der Waals surface area contributed by atoms with Crippen molar-refractivity contribution in [1.29, 1.82) is 0 Å². The Balaban J connectivity index is 2.09. The largest absolute Gasteiger partial charge is 0.484 e. The molecule has 0 aromatic heterocycles. The van der Waals surface area contributed by atoms with Gasteiger partial charge in [-0.1, -0.05) is 23.7 Å². The number of primary amides is 1. The number of hydrogen-bond acceptors (Lipinski definition) is 5. The van der Waals surface area contributed by atoms with E-state index >= 15 is 0 Å². The van der Waals surface area contributed by atoms with E-state index in [9.17, 15) is 14.9 Å². The van der Waals surface area contributed by atoms with Gasteiger partial charge in [0.05, 0.1) is 15.6 Å². The lowest BCUT2D eigenvalue weighted by Gasteiger charge is -2.12. The molecule has 0 saturated carbocycles. The molecular weight excluding hydrogens is 334 g/mol. The minimum atomic E-state index is -0.549. The van der Waals surface area contributed by atoms with Crippen molar-refractivity contribution in [2.75, 3.05) is 11.9 Å². The average molecular weight is 350 g/mol. The molecule has 0 saturated heterocycles. The zero-order valence-electron chi connectivity index (χ0n) is 12.9. The van der Waals surface area contributed by atoms with Crippen molar-refractivity contribution in [2.45, 2.75) is 13.5 Å². The Morgan fingerprint density at radius 2 is 2.12 bits per heavy atom. The second-order valence-corrected chi connectivity index (χ2v) is 5.54. The van der Waals surface area contributed by atoms with Gasteiger partial charge in [-0.05, 0) is 30.2 Å². The number of ether oxygens (including phenoxy) is 1. The number of anilines is 1. The lowest BCUT2D eigenvalue weighted by Crippen LogP contribution is -2.20. The van der Waals surface area contributed by atoms with Gasteiger partial charge in [0.15, 0.2) is 6.61 Å². The summed E-state index contributed by atoms with van der Waals surface area (Å²) in [6.45, 7) is 1.99. The zero-order valence-corrected chi connectivity index (χ0v) is 13.7. The van der Waals surface area contributed by atoms with E-state index in [2.05, 4.69) is 5.32 Å². The first-order valence-electron chi connectivity index (χ1n) is 7.05. The van der Waals surface area contributed by atoms with Crippen LogP contribution in [0.4, 0.5) is 11.4 Å². The molecule has 0 aliphatic heterocycles. The molecule has 0 radical (unpaired) electrons. The van der Waals surface area contributed by atoms with Crippen molar-refractivity contribution in [3.63, 3.8) is 0 Å². The quantitative estimate of drug-likeness (QED) is 0.590. The van der Waals surface area contributed by atoms with E-state index < -0.39 is 10.8 Å². The van der Waals surface area contributed by atoms with Crippen LogP contribution in [0.5, 0.6) is 5.75 Å². The van der Waals surface area contributed by atoms with Gasteiger partial charge in [-0.2, -0.15) is 0 Å². The molecule has 2 aromatic rings. The van der Waals surface area contributed by atoms with E-state index in [1.165, 1.54) is 12.1 Å². The monoisotopic (exact) mass is 349 g/mol. The lowest BCUT2D eigenvalue weighted by atomic mass is 10.1. The summed E-state index contributed by atoms with van der Waals surface area (Å²) < 4.78 is 5.25. The van der Waals surface area contributed by atoms with E-state index in [1.807, 2.05) is 6.07 Å². The van der Waals surface area contributed by atoms with Gasteiger partial charge < -0.3 is 15.8 Å². The highest BCUT2D eigenvalue weighted by Crippen LogP contribution is 2.31. The van der Waals surface area contributed by atoms with Gasteiger partial charge >= 0.3 is 0 Å². The fourth-order valence-corrected chi connectivity index (χ4v) is 2.47. The van der Waals surface area contributed by atoms with Crippen LogP contribution in [0.25, 0.3) is 0 Å². The van der Waals surface area contributed by atoms with Gasteiger partial charge in [0.25, 0.3) is 11.6 Å². The van der Waals surface area contributed by atoms with Crippen LogP contribution in [0.2, 0.25) is 5.02 Å². The highest BCUT2D eigenvalue weighted by atomic mass is 35.5. The standard InChI is InChI=1S/C16H16ClN3O4/c1-10-5-12(20(22)23)7-14(17)16(10)19-8-11-3-2-4-13(6-11)24-9-15(18)21/h2-7,19H,8-9H2,1H3,(H2,18,21). The zero-order chi connectivity index (χ0) is 17.7. The van der Waals surface area contributed by atoms with Crippen molar-refractivity contribution in [1.82, 2.24) is 0 Å². The summed E-state index contributed by atoms with van der Waals surface area (Å²) in [5.74, 6) is -0.0218. The van der Waals surface area contributed by atoms with Crippen LogP contribution in [0.15, 0.2) is 36.4 Å². The van der Waals surface area contributed by atoms with Crippen LogP contribution in [0.1, 0.15) is 11.1 Å². The number of nitro groups is 1. The second-order valence-electron chi connectivity index (χ2n) is 5.13. The third kappa shape index (κ3) is 4.60. The molecule has 2 rings (SSSR count). The summed E-state index contributed by atoms with van der Waals surface area (Å²) in [5, 5.41) is 14.3. The molecule has 0 atom stereocenters. The fourth-order valence-electron chi connectivity index (χ4n) is 2.15. The maximum absolute atomic E-state index is 10.8. The number of nitrogens with zero attached hydrogens (tertiary/aromatic N) is 1. The minimum absolute atomic E-state index is 0.0510. The number of nitrogens with one attached hydrogen (secondary N) is 1. The molecule has 0 aliphatic rings. The second kappa shape index (κ2) is 7.65. The molecule has 126 valence electrons. The minimum Gasteiger partial charge on any atom is -0.484 e. The number of nitro benzene ring substituents is 1. The van der Waals surface area contributed by atoms with Crippen LogP contribution in [0.3, 0.4) is 0 Å². The average Bonchev–Trinajstić information content (AvgIpc) is 2.52. The van der Waals surface area contributed by atoms with Gasteiger partial charge in [-0.15, -0.1) is 0 Å². The number of nitrogens with two attached hydrogens (primary N) is 1. The van der Waals surface area contributed by atoms with Crippen LogP contribution in [0, 0.1) is 17.0 Å². The van der Waals surface area contributed by atoms with Gasteiger partial charge in [0.1, 0.15) is 5.75 Å². The smallest absolute Gasteiger partial charge is 0.271 e. The van der Waals surface area contributed by atoms with Crippen LogP contribution in [-0.2, 0) is 11.3 Å². The molecular formula is C16H16ClN3O4. The Morgan fingerprint density at radius 3 is 2.75 bits per heavy atom. The molecule has 2 aromatic carbocycles. The highest BCUT2D eigenvalue weighted by Gasteiger charge is 2.13. The summed E-state index contributed by atoms with van der Waals surface area (Å²) in [5.41, 5.74) is 7.19. The third-order valence-electron chi connectivity index (χ3n) is 3.23. The Kier molecular flexibility index (Phi) is 5.59. The first-order valence-corrected chi connectivity index (χ1v) is 7.43. The van der Waals surface area contributed by atoms with Crippen molar-refractivity contribution >= 4 is 28.9 Å². The topological polar surface area (TPSA) is 107 Å². The lowest BCUT2D eigenvalue weighted by molar-refractivity contribution is -0.384. The predicted octanol–water partition coefficient (Wildman–Crippen LogP) is 3.03. The van der Waals surface area contributed by atoms with E-state index in [0.717, 1.165) is 5.56 Å². The summed E-state index contributed by atoms with van der Waals surface area (Å²) in [7, 11) is 0. The number of rotatable bonds is 7. The van der Waals surface area contributed by atoms with Gasteiger partial charge in [-0.25, -0.2) is 0 Å². The van der Waals surface area contributed by atoms with Gasteiger partial charge in [0, 0.05) is 18.7 Å². The summed E-state index contributed by atoms with van der Waals surface area (Å²) in [4.78, 5) is 21.1. The first-order chi connectivity index (χ1) is 11.4. The molecule has 24 heavy (non-hydrogen) atoms. The number of carbonyl (C=O) groups is 1. The molecule has 3 N–H and O–H groups in total. The highest BCUT2D eigenvalue weighted by molar-refractivity contribution is 6.33. The normalized spacial score (nSPS) is 10.2. The number of halogens is 1. The Labute approximate surface area is 143 Å². The molecule has 7 nitrogen and oxygen atoms in total. The number of aryl methyl sites for hydroxylation is 1. The maximum atomic E-state index is 10.8. The summed E-state index contributed by atoms with van der Waals surface area (Å²) in [6, 6.07) is 9.92. The van der Waals surface area contributed by atoms with Crippen LogP contribution in [-0.4, -0.2) is 17.4 Å². The molecule has 8 heteroatoms. The number of hydrogen-bond donors (Lipinski definition) is 2. The predicted molar refractivity (Wildman–Crippen MR) is 91.3 cm³/mol.